The van der Waals surface area contributed by atoms with Gasteiger partial charge in [0, 0.05) is 33.4 Å². The maximum Gasteiger partial charge on any atom is 0.193 e. The lowest BCUT2D eigenvalue weighted by Crippen LogP contribution is -2.48. The van der Waals surface area contributed by atoms with Crippen LogP contribution in [0.1, 0.15) is 26.0 Å². The SMILES string of the molecule is CN=C(NCc1ccnn1C)N1CC(C)CC(C)C1. The molecule has 2 heterocycles. The summed E-state index contributed by atoms with van der Waals surface area (Å²) in [5.41, 5.74) is 1.17. The lowest BCUT2D eigenvalue weighted by atomic mass is 9.92. The minimum atomic E-state index is 0.735. The van der Waals surface area contributed by atoms with Gasteiger partial charge in [-0.25, -0.2) is 0 Å². The van der Waals surface area contributed by atoms with Gasteiger partial charge in [-0.15, -0.1) is 0 Å². The number of hydrogen-bond acceptors (Lipinski definition) is 2. The zero-order valence-corrected chi connectivity index (χ0v) is 12.4. The molecule has 1 aliphatic rings. The lowest BCUT2D eigenvalue weighted by molar-refractivity contribution is 0.208. The Hall–Kier alpha value is -1.52. The van der Waals surface area contributed by atoms with Gasteiger partial charge in [-0.1, -0.05) is 13.8 Å². The summed E-state index contributed by atoms with van der Waals surface area (Å²) in [6, 6.07) is 2.03. The molecule has 0 amide bonds. The van der Waals surface area contributed by atoms with E-state index in [9.17, 15) is 0 Å². The van der Waals surface area contributed by atoms with Crippen LogP contribution in [-0.4, -0.2) is 40.8 Å². The molecule has 0 aromatic carbocycles. The van der Waals surface area contributed by atoms with E-state index < -0.39 is 0 Å². The van der Waals surface area contributed by atoms with Gasteiger partial charge in [0.2, 0.25) is 0 Å². The van der Waals surface area contributed by atoms with Crippen LogP contribution in [0.25, 0.3) is 0 Å². The Morgan fingerprint density at radius 2 is 2.11 bits per heavy atom. The number of aryl methyl sites for hydroxylation is 1. The number of aromatic nitrogens is 2. The number of likely N-dealkylation sites (tertiary alicyclic amines) is 1. The fourth-order valence-corrected chi connectivity index (χ4v) is 2.91. The van der Waals surface area contributed by atoms with Gasteiger partial charge in [0.15, 0.2) is 5.96 Å². The molecule has 2 unspecified atom stereocenters. The van der Waals surface area contributed by atoms with E-state index in [1.807, 2.05) is 31.0 Å². The van der Waals surface area contributed by atoms with Crippen LogP contribution in [0.5, 0.6) is 0 Å². The van der Waals surface area contributed by atoms with Crippen LogP contribution in [0.2, 0.25) is 0 Å². The Morgan fingerprint density at radius 1 is 1.42 bits per heavy atom. The molecular weight excluding hydrogens is 238 g/mol. The Kier molecular flexibility index (Phi) is 4.45. The molecule has 0 saturated carbocycles. The summed E-state index contributed by atoms with van der Waals surface area (Å²) in [6.07, 6.45) is 3.14. The van der Waals surface area contributed by atoms with E-state index in [1.165, 1.54) is 12.1 Å². The van der Waals surface area contributed by atoms with Gasteiger partial charge in [-0.3, -0.25) is 9.67 Å². The highest BCUT2D eigenvalue weighted by Gasteiger charge is 2.23. The predicted octanol–water partition coefficient (Wildman–Crippen LogP) is 1.47. The molecule has 5 heteroatoms. The lowest BCUT2D eigenvalue weighted by Gasteiger charge is -2.37. The third kappa shape index (κ3) is 3.49. The van der Waals surface area contributed by atoms with Crippen LogP contribution >= 0.6 is 0 Å². The van der Waals surface area contributed by atoms with Gasteiger partial charge < -0.3 is 10.2 Å². The first-order chi connectivity index (χ1) is 9.10. The molecule has 0 bridgehead atoms. The van der Waals surface area contributed by atoms with Crippen molar-refractivity contribution in [3.05, 3.63) is 18.0 Å². The van der Waals surface area contributed by atoms with Crippen molar-refractivity contribution >= 4 is 5.96 Å². The van der Waals surface area contributed by atoms with Crippen LogP contribution in [0.15, 0.2) is 17.3 Å². The van der Waals surface area contributed by atoms with Crippen molar-refractivity contribution in [2.75, 3.05) is 20.1 Å². The van der Waals surface area contributed by atoms with Crippen LogP contribution in [0.3, 0.4) is 0 Å². The molecule has 5 nitrogen and oxygen atoms in total. The maximum absolute atomic E-state index is 4.41. The van der Waals surface area contributed by atoms with Crippen LogP contribution in [-0.2, 0) is 13.6 Å². The molecule has 2 rings (SSSR count). The Balaban J connectivity index is 1.95. The second-order valence-electron chi connectivity index (χ2n) is 5.70. The first-order valence-corrected chi connectivity index (χ1v) is 7.02. The van der Waals surface area contributed by atoms with Crippen molar-refractivity contribution in [3.63, 3.8) is 0 Å². The standard InChI is InChI=1S/C14H25N5/c1-11-7-12(2)10-19(9-11)14(15-3)16-8-13-5-6-17-18(13)4/h5-6,11-12H,7-10H2,1-4H3,(H,15,16). The third-order valence-corrected chi connectivity index (χ3v) is 3.73. The van der Waals surface area contributed by atoms with E-state index in [4.69, 9.17) is 0 Å². The van der Waals surface area contributed by atoms with Crippen molar-refractivity contribution < 1.29 is 0 Å². The number of aliphatic imine (C=N–C) groups is 1. The van der Waals surface area contributed by atoms with Gasteiger partial charge in [0.25, 0.3) is 0 Å². The minimum Gasteiger partial charge on any atom is -0.351 e. The maximum atomic E-state index is 4.41. The highest BCUT2D eigenvalue weighted by Crippen LogP contribution is 2.20. The van der Waals surface area contributed by atoms with Gasteiger partial charge in [-0.2, -0.15) is 5.10 Å². The fourth-order valence-electron chi connectivity index (χ4n) is 2.91. The van der Waals surface area contributed by atoms with E-state index in [2.05, 4.69) is 34.2 Å². The van der Waals surface area contributed by atoms with Crippen molar-refractivity contribution in [1.29, 1.82) is 0 Å². The average Bonchev–Trinajstić information content (AvgIpc) is 2.75. The molecule has 1 saturated heterocycles. The van der Waals surface area contributed by atoms with E-state index >= 15 is 0 Å². The second kappa shape index (κ2) is 6.08. The molecule has 106 valence electrons. The number of piperidine rings is 1. The summed E-state index contributed by atoms with van der Waals surface area (Å²) in [7, 11) is 3.82. The summed E-state index contributed by atoms with van der Waals surface area (Å²) < 4.78 is 1.89. The number of hydrogen-bond donors (Lipinski definition) is 1. The smallest absolute Gasteiger partial charge is 0.193 e. The molecular formula is C14H25N5. The number of nitrogens with zero attached hydrogens (tertiary/aromatic N) is 4. The molecule has 1 aromatic heterocycles. The Morgan fingerprint density at radius 3 is 2.63 bits per heavy atom. The van der Waals surface area contributed by atoms with Gasteiger partial charge in [0.05, 0.1) is 12.2 Å². The average molecular weight is 263 g/mol. The number of rotatable bonds is 2. The van der Waals surface area contributed by atoms with Crippen molar-refractivity contribution in [2.24, 2.45) is 23.9 Å². The quantitative estimate of drug-likeness (QED) is 0.649. The van der Waals surface area contributed by atoms with Crippen LogP contribution < -0.4 is 5.32 Å². The molecule has 0 aliphatic carbocycles. The first-order valence-electron chi connectivity index (χ1n) is 7.02. The molecule has 1 aromatic rings. The molecule has 1 aliphatic heterocycles. The largest absolute Gasteiger partial charge is 0.351 e. The van der Waals surface area contributed by atoms with Gasteiger partial charge >= 0.3 is 0 Å². The normalized spacial score (nSPS) is 24.6. The van der Waals surface area contributed by atoms with E-state index in [1.54, 1.807) is 0 Å². The number of guanidine groups is 1. The van der Waals surface area contributed by atoms with Crippen LogP contribution in [0, 0.1) is 11.8 Å². The zero-order valence-electron chi connectivity index (χ0n) is 12.4. The predicted molar refractivity (Wildman–Crippen MR) is 77.9 cm³/mol. The second-order valence-corrected chi connectivity index (χ2v) is 5.70. The molecule has 0 radical (unpaired) electrons. The fraction of sp³-hybridized carbons (Fsp3) is 0.714. The summed E-state index contributed by atoms with van der Waals surface area (Å²) in [5.74, 6) is 2.47. The third-order valence-electron chi connectivity index (χ3n) is 3.73. The highest BCUT2D eigenvalue weighted by atomic mass is 15.3. The summed E-state index contributed by atoms with van der Waals surface area (Å²) >= 11 is 0. The van der Waals surface area contributed by atoms with Gasteiger partial charge in [0.1, 0.15) is 0 Å². The molecule has 19 heavy (non-hydrogen) atoms. The summed E-state index contributed by atoms with van der Waals surface area (Å²) in [6.45, 7) is 7.58. The monoisotopic (exact) mass is 263 g/mol. The van der Waals surface area contributed by atoms with E-state index in [0.717, 1.165) is 37.4 Å². The van der Waals surface area contributed by atoms with Crippen molar-refractivity contribution in [1.82, 2.24) is 20.0 Å². The number of nitrogens with one attached hydrogen (secondary N) is 1. The summed E-state index contributed by atoms with van der Waals surface area (Å²) in [5, 5.41) is 7.62. The first kappa shape index (κ1) is 13.9. The van der Waals surface area contributed by atoms with E-state index in [-0.39, 0.29) is 0 Å². The van der Waals surface area contributed by atoms with Crippen molar-refractivity contribution in [3.8, 4) is 0 Å². The minimum absolute atomic E-state index is 0.735. The summed E-state index contributed by atoms with van der Waals surface area (Å²) in [4.78, 5) is 6.78. The highest BCUT2D eigenvalue weighted by molar-refractivity contribution is 5.79. The Labute approximate surface area is 115 Å². The van der Waals surface area contributed by atoms with Crippen LogP contribution in [0.4, 0.5) is 0 Å². The van der Waals surface area contributed by atoms with E-state index in [0.29, 0.717) is 0 Å². The topological polar surface area (TPSA) is 45.5 Å². The zero-order chi connectivity index (χ0) is 13.8. The molecule has 0 spiro atoms. The molecule has 2 atom stereocenters. The molecule has 1 fully saturated rings. The van der Waals surface area contributed by atoms with Crippen molar-refractivity contribution in [2.45, 2.75) is 26.8 Å². The van der Waals surface area contributed by atoms with Gasteiger partial charge in [-0.05, 0) is 24.3 Å². The molecule has 1 N–H and O–H groups in total. The Bertz CT molecular complexity index is 427.